The van der Waals surface area contributed by atoms with Crippen LogP contribution in [0, 0.1) is 6.42 Å². The molecule has 0 aliphatic rings. The van der Waals surface area contributed by atoms with Crippen LogP contribution in [0.2, 0.25) is 0 Å². The molecule has 2 heteroatoms. The smallest absolute Gasteiger partial charge is 0.0857 e. The zero-order valence-corrected chi connectivity index (χ0v) is 6.41. The molecule has 0 heterocycles. The lowest BCUT2D eigenvalue weighted by Crippen LogP contribution is -1.96. The van der Waals surface area contributed by atoms with Crippen LogP contribution >= 0.6 is 0 Å². The minimum Gasteiger partial charge on any atom is -0.399 e. The minimum absolute atomic E-state index is 0.626. The molecule has 0 saturated carbocycles. The summed E-state index contributed by atoms with van der Waals surface area (Å²) in [6.07, 6.45) is 2.08. The molecular formula is C9H11NO. The number of aliphatic hydroxyl groups is 1. The zero-order chi connectivity index (χ0) is 8.27. The summed E-state index contributed by atoms with van der Waals surface area (Å²) in [7, 11) is 0. The van der Waals surface area contributed by atoms with Crippen molar-refractivity contribution in [2.75, 3.05) is 5.73 Å². The number of hydrogen-bond acceptors (Lipinski definition) is 2. The molecule has 2 radical (unpaired) electrons. The van der Waals surface area contributed by atoms with Gasteiger partial charge in [0.25, 0.3) is 0 Å². The topological polar surface area (TPSA) is 46.2 Å². The number of nitrogen functional groups attached to an aromatic ring is 1. The maximum atomic E-state index is 9.29. The lowest BCUT2D eigenvalue weighted by atomic mass is 10.1. The molecule has 0 aliphatic carbocycles. The van der Waals surface area contributed by atoms with E-state index in [2.05, 4.69) is 6.42 Å². The lowest BCUT2D eigenvalue weighted by molar-refractivity contribution is 0.212. The Hall–Kier alpha value is -1.02. The highest BCUT2D eigenvalue weighted by molar-refractivity contribution is 5.41. The second kappa shape index (κ2) is 3.39. The van der Waals surface area contributed by atoms with Crippen LogP contribution in [0.15, 0.2) is 24.3 Å². The predicted molar refractivity (Wildman–Crippen MR) is 44.7 cm³/mol. The Kier molecular flexibility index (Phi) is 2.49. The third-order valence-corrected chi connectivity index (χ3v) is 1.50. The van der Waals surface area contributed by atoms with Gasteiger partial charge < -0.3 is 10.8 Å². The molecule has 1 rings (SSSR count). The van der Waals surface area contributed by atoms with Crippen LogP contribution in [0.25, 0.3) is 0 Å². The summed E-state index contributed by atoms with van der Waals surface area (Å²) in [4.78, 5) is 0. The zero-order valence-electron chi connectivity index (χ0n) is 6.41. The number of benzene rings is 1. The van der Waals surface area contributed by atoms with E-state index in [0.717, 1.165) is 5.56 Å². The van der Waals surface area contributed by atoms with Crippen molar-refractivity contribution >= 4 is 5.69 Å². The first-order valence-corrected chi connectivity index (χ1v) is 3.45. The Morgan fingerprint density at radius 2 is 2.27 bits per heavy atom. The number of aliphatic hydroxyl groups excluding tert-OH is 1. The highest BCUT2D eigenvalue weighted by Gasteiger charge is 2.03. The minimum atomic E-state index is -0.626. The van der Waals surface area contributed by atoms with E-state index in [9.17, 15) is 5.11 Å². The second-order valence-electron chi connectivity index (χ2n) is 2.36. The molecule has 0 aliphatic heterocycles. The molecule has 58 valence electrons. The normalized spacial score (nSPS) is 12.9. The molecule has 1 aromatic carbocycles. The van der Waals surface area contributed by atoms with Gasteiger partial charge in [-0.25, -0.2) is 0 Å². The van der Waals surface area contributed by atoms with Crippen LogP contribution in [0.3, 0.4) is 0 Å². The van der Waals surface area contributed by atoms with Crippen LogP contribution in [0.5, 0.6) is 0 Å². The first kappa shape index (κ1) is 8.08. The van der Waals surface area contributed by atoms with Crippen molar-refractivity contribution in [3.63, 3.8) is 0 Å². The van der Waals surface area contributed by atoms with E-state index >= 15 is 0 Å². The van der Waals surface area contributed by atoms with E-state index in [1.807, 2.05) is 12.1 Å². The van der Waals surface area contributed by atoms with Crippen LogP contribution in [-0.4, -0.2) is 5.11 Å². The van der Waals surface area contributed by atoms with Crippen molar-refractivity contribution in [3.05, 3.63) is 36.2 Å². The molecule has 1 atom stereocenters. The Balaban J connectivity index is 2.86. The van der Waals surface area contributed by atoms with Gasteiger partial charge in [0.15, 0.2) is 0 Å². The van der Waals surface area contributed by atoms with Crippen molar-refractivity contribution < 1.29 is 5.11 Å². The van der Waals surface area contributed by atoms with E-state index in [4.69, 9.17) is 5.73 Å². The van der Waals surface area contributed by atoms with E-state index in [1.54, 1.807) is 19.1 Å². The molecule has 11 heavy (non-hydrogen) atoms. The van der Waals surface area contributed by atoms with Gasteiger partial charge in [-0.1, -0.05) is 19.1 Å². The number of hydrogen-bond donors (Lipinski definition) is 2. The van der Waals surface area contributed by atoms with Gasteiger partial charge in [-0.05, 0) is 17.7 Å². The van der Waals surface area contributed by atoms with E-state index < -0.39 is 6.10 Å². The Morgan fingerprint density at radius 3 is 2.82 bits per heavy atom. The quantitative estimate of drug-likeness (QED) is 0.624. The summed E-state index contributed by atoms with van der Waals surface area (Å²) in [5.74, 6) is 0. The van der Waals surface area contributed by atoms with Crippen molar-refractivity contribution in [3.8, 4) is 0 Å². The standard InChI is InChI=1S/C9H11NO/c1-2-9(11)7-4-3-5-8(10)6-7/h3-6,9,11H,10H2,1H3/t9-/m0/s1. The summed E-state index contributed by atoms with van der Waals surface area (Å²) in [5, 5.41) is 9.29. The number of rotatable bonds is 2. The van der Waals surface area contributed by atoms with E-state index in [0.29, 0.717) is 5.69 Å². The molecule has 0 spiro atoms. The van der Waals surface area contributed by atoms with Crippen molar-refractivity contribution in [2.45, 2.75) is 13.0 Å². The van der Waals surface area contributed by atoms with Crippen LogP contribution < -0.4 is 5.73 Å². The number of nitrogens with two attached hydrogens (primary N) is 1. The lowest BCUT2D eigenvalue weighted by Gasteiger charge is -2.06. The molecule has 2 nitrogen and oxygen atoms in total. The fourth-order valence-corrected chi connectivity index (χ4v) is 0.896. The van der Waals surface area contributed by atoms with Crippen LogP contribution in [0.4, 0.5) is 5.69 Å². The van der Waals surface area contributed by atoms with Gasteiger partial charge >= 0.3 is 0 Å². The molecule has 1 aromatic rings. The van der Waals surface area contributed by atoms with Crippen LogP contribution in [0.1, 0.15) is 18.6 Å². The summed E-state index contributed by atoms with van der Waals surface area (Å²) in [6, 6.07) is 7.15. The van der Waals surface area contributed by atoms with Gasteiger partial charge in [0, 0.05) is 12.1 Å². The fourth-order valence-electron chi connectivity index (χ4n) is 0.896. The maximum Gasteiger partial charge on any atom is 0.0857 e. The van der Waals surface area contributed by atoms with Gasteiger partial charge in [0.05, 0.1) is 6.10 Å². The fraction of sp³-hybridized carbons (Fsp3) is 0.222. The van der Waals surface area contributed by atoms with Gasteiger partial charge in [-0.15, -0.1) is 0 Å². The molecule has 3 N–H and O–H groups in total. The SMILES string of the molecule is C[C][C@H](O)c1cccc(N)c1. The number of anilines is 1. The van der Waals surface area contributed by atoms with E-state index in [1.165, 1.54) is 0 Å². The molecular weight excluding hydrogens is 138 g/mol. The highest BCUT2D eigenvalue weighted by Crippen LogP contribution is 2.17. The highest BCUT2D eigenvalue weighted by atomic mass is 16.3. The molecule has 0 saturated heterocycles. The summed E-state index contributed by atoms with van der Waals surface area (Å²) < 4.78 is 0. The average molecular weight is 149 g/mol. The second-order valence-corrected chi connectivity index (χ2v) is 2.36. The molecule has 0 unspecified atom stereocenters. The molecule has 0 fully saturated rings. The van der Waals surface area contributed by atoms with Crippen molar-refractivity contribution in [2.24, 2.45) is 0 Å². The monoisotopic (exact) mass is 149 g/mol. The third kappa shape index (κ3) is 1.95. The van der Waals surface area contributed by atoms with Gasteiger partial charge in [0.1, 0.15) is 0 Å². The van der Waals surface area contributed by atoms with E-state index in [-0.39, 0.29) is 0 Å². The Bertz CT molecular complexity index is 235. The summed E-state index contributed by atoms with van der Waals surface area (Å²) in [5.41, 5.74) is 6.96. The third-order valence-electron chi connectivity index (χ3n) is 1.50. The largest absolute Gasteiger partial charge is 0.399 e. The predicted octanol–water partition coefficient (Wildman–Crippen LogP) is 1.40. The Labute approximate surface area is 66.7 Å². The maximum absolute atomic E-state index is 9.29. The van der Waals surface area contributed by atoms with Gasteiger partial charge in [-0.2, -0.15) is 0 Å². The first-order valence-electron chi connectivity index (χ1n) is 3.45. The molecule has 0 amide bonds. The molecule has 0 bridgehead atoms. The summed E-state index contributed by atoms with van der Waals surface area (Å²) >= 11 is 0. The average Bonchev–Trinajstić information content (AvgIpc) is 2.03. The van der Waals surface area contributed by atoms with Gasteiger partial charge in [0.2, 0.25) is 0 Å². The van der Waals surface area contributed by atoms with Crippen molar-refractivity contribution in [1.29, 1.82) is 0 Å². The first-order chi connectivity index (χ1) is 5.24. The van der Waals surface area contributed by atoms with Crippen LogP contribution in [-0.2, 0) is 0 Å². The van der Waals surface area contributed by atoms with Gasteiger partial charge in [-0.3, -0.25) is 0 Å². The Morgan fingerprint density at radius 1 is 1.55 bits per heavy atom. The van der Waals surface area contributed by atoms with Crippen molar-refractivity contribution in [1.82, 2.24) is 0 Å². The summed E-state index contributed by atoms with van der Waals surface area (Å²) in [6.45, 7) is 1.69. The molecule has 0 aromatic heterocycles.